The maximum absolute atomic E-state index is 11.8. The third-order valence-electron chi connectivity index (χ3n) is 3.67. The number of anilines is 1. The molecule has 0 aliphatic rings. The summed E-state index contributed by atoms with van der Waals surface area (Å²) in [6.45, 7) is 1.12. The lowest BCUT2D eigenvalue weighted by atomic mass is 10.3. The van der Waals surface area contributed by atoms with Crippen molar-refractivity contribution >= 4 is 28.9 Å². The van der Waals surface area contributed by atoms with Crippen molar-refractivity contribution in [3.05, 3.63) is 63.7 Å². The molecule has 0 spiro atoms. The fourth-order valence-corrected chi connectivity index (χ4v) is 2.50. The average Bonchev–Trinajstić information content (AvgIpc) is 2.64. The molecule has 7 nitrogen and oxygen atoms in total. The number of carbonyl (C=O) groups is 1. The lowest BCUT2D eigenvalue weighted by molar-refractivity contribution is -0.384. The number of hydrogen-bond donors (Lipinski definition) is 1. The van der Waals surface area contributed by atoms with E-state index in [1.165, 1.54) is 18.2 Å². The van der Waals surface area contributed by atoms with E-state index in [-0.39, 0.29) is 29.0 Å². The molecule has 1 amide bonds. The van der Waals surface area contributed by atoms with Crippen molar-refractivity contribution in [3.63, 3.8) is 0 Å². The molecule has 0 bridgehead atoms. The molecule has 2 rings (SSSR count). The topological polar surface area (TPSA) is 84.7 Å². The number of rotatable bonds is 9. The van der Waals surface area contributed by atoms with Gasteiger partial charge in [0.15, 0.2) is 6.61 Å². The Balaban J connectivity index is 1.68. The quantitative estimate of drug-likeness (QED) is 0.412. The lowest BCUT2D eigenvalue weighted by Gasteiger charge is -2.19. The highest BCUT2D eigenvalue weighted by molar-refractivity contribution is 6.32. The Labute approximate surface area is 156 Å². The molecule has 138 valence electrons. The van der Waals surface area contributed by atoms with Crippen LogP contribution in [-0.4, -0.2) is 37.6 Å². The Bertz CT molecular complexity index is 755. The van der Waals surface area contributed by atoms with Crippen LogP contribution in [0.15, 0.2) is 48.5 Å². The first kappa shape index (κ1) is 19.5. The van der Waals surface area contributed by atoms with Crippen LogP contribution in [0.4, 0.5) is 11.4 Å². The molecule has 0 aliphatic carbocycles. The van der Waals surface area contributed by atoms with E-state index in [9.17, 15) is 14.9 Å². The molecule has 0 unspecified atom stereocenters. The zero-order chi connectivity index (χ0) is 18.9. The van der Waals surface area contributed by atoms with Gasteiger partial charge in [-0.25, -0.2) is 0 Å². The van der Waals surface area contributed by atoms with Gasteiger partial charge in [0.2, 0.25) is 0 Å². The van der Waals surface area contributed by atoms with Crippen LogP contribution in [0.1, 0.15) is 6.42 Å². The Morgan fingerprint density at radius 2 is 2.00 bits per heavy atom. The molecule has 0 atom stereocenters. The smallest absolute Gasteiger partial charge is 0.271 e. The second-order valence-corrected chi connectivity index (χ2v) is 6.03. The van der Waals surface area contributed by atoms with Crippen LogP contribution in [0.25, 0.3) is 0 Å². The molecule has 2 aromatic rings. The minimum atomic E-state index is -0.547. The van der Waals surface area contributed by atoms with Crippen molar-refractivity contribution in [2.24, 2.45) is 0 Å². The summed E-state index contributed by atoms with van der Waals surface area (Å²) in [5.74, 6) is -0.0435. The van der Waals surface area contributed by atoms with Crippen molar-refractivity contribution in [3.8, 4) is 5.75 Å². The molecular weight excluding hydrogens is 358 g/mol. The van der Waals surface area contributed by atoms with E-state index in [0.29, 0.717) is 6.54 Å². The zero-order valence-electron chi connectivity index (χ0n) is 14.4. The van der Waals surface area contributed by atoms with Crippen molar-refractivity contribution in [2.75, 3.05) is 31.6 Å². The number of nitrogens with zero attached hydrogens (tertiary/aromatic N) is 2. The lowest BCUT2D eigenvalue weighted by Crippen LogP contribution is -2.31. The van der Waals surface area contributed by atoms with Gasteiger partial charge >= 0.3 is 0 Å². The molecule has 8 heteroatoms. The summed E-state index contributed by atoms with van der Waals surface area (Å²) in [5, 5.41) is 13.5. The Morgan fingerprint density at radius 3 is 2.65 bits per heavy atom. The molecule has 26 heavy (non-hydrogen) atoms. The highest BCUT2D eigenvalue weighted by atomic mass is 35.5. The number of nitro benzene ring substituents is 1. The van der Waals surface area contributed by atoms with Gasteiger partial charge in [0.05, 0.1) is 9.95 Å². The number of carbonyl (C=O) groups excluding carboxylic acids is 1. The molecule has 0 aromatic heterocycles. The van der Waals surface area contributed by atoms with Crippen LogP contribution in [0, 0.1) is 10.1 Å². The van der Waals surface area contributed by atoms with E-state index >= 15 is 0 Å². The first-order valence-corrected chi connectivity index (χ1v) is 8.45. The van der Waals surface area contributed by atoms with Gasteiger partial charge in [0.1, 0.15) is 5.75 Å². The van der Waals surface area contributed by atoms with Crippen LogP contribution in [-0.2, 0) is 4.79 Å². The van der Waals surface area contributed by atoms with Crippen LogP contribution >= 0.6 is 11.6 Å². The number of halogens is 1. The summed E-state index contributed by atoms with van der Waals surface area (Å²) in [4.78, 5) is 24.0. The van der Waals surface area contributed by atoms with Gasteiger partial charge in [-0.2, -0.15) is 0 Å². The highest BCUT2D eigenvalue weighted by Crippen LogP contribution is 2.28. The first-order chi connectivity index (χ1) is 12.5. The molecular formula is C18H20ClN3O4. The number of hydrogen-bond acceptors (Lipinski definition) is 5. The summed E-state index contributed by atoms with van der Waals surface area (Å²) in [6.07, 6.45) is 0.787. The zero-order valence-corrected chi connectivity index (χ0v) is 15.1. The second kappa shape index (κ2) is 9.62. The molecule has 0 fully saturated rings. The van der Waals surface area contributed by atoms with Crippen molar-refractivity contribution < 1.29 is 14.5 Å². The maximum atomic E-state index is 11.8. The van der Waals surface area contributed by atoms with Gasteiger partial charge in [0, 0.05) is 38.0 Å². The third-order valence-corrected chi connectivity index (χ3v) is 3.97. The van der Waals surface area contributed by atoms with Crippen LogP contribution < -0.4 is 15.0 Å². The highest BCUT2D eigenvalue weighted by Gasteiger charge is 2.11. The van der Waals surface area contributed by atoms with Crippen molar-refractivity contribution in [1.29, 1.82) is 0 Å². The molecule has 0 heterocycles. The Kier molecular flexibility index (Phi) is 7.23. The summed E-state index contributed by atoms with van der Waals surface area (Å²) in [5.41, 5.74) is 0.990. The van der Waals surface area contributed by atoms with E-state index in [1.807, 2.05) is 37.4 Å². The maximum Gasteiger partial charge on any atom is 0.271 e. The number of nitro groups is 1. The molecule has 0 saturated carbocycles. The average molecular weight is 378 g/mol. The van der Waals surface area contributed by atoms with Gasteiger partial charge in [-0.15, -0.1) is 0 Å². The summed E-state index contributed by atoms with van der Waals surface area (Å²) in [6, 6.07) is 13.8. The number of para-hydroxylation sites is 1. The van der Waals surface area contributed by atoms with Gasteiger partial charge < -0.3 is 15.0 Å². The van der Waals surface area contributed by atoms with Crippen LogP contribution in [0.3, 0.4) is 0 Å². The predicted molar refractivity (Wildman–Crippen MR) is 101 cm³/mol. The van der Waals surface area contributed by atoms with Gasteiger partial charge in [-0.1, -0.05) is 29.8 Å². The van der Waals surface area contributed by atoms with Crippen molar-refractivity contribution in [1.82, 2.24) is 5.32 Å². The number of nitrogens with one attached hydrogen (secondary N) is 1. The summed E-state index contributed by atoms with van der Waals surface area (Å²) < 4.78 is 5.30. The standard InChI is InChI=1S/C18H20ClN3O4/c1-21(14-6-3-2-4-7-14)11-5-10-20-18(23)13-26-17-9-8-15(22(24)25)12-16(17)19/h2-4,6-9,12H,5,10-11,13H2,1H3,(H,20,23). The predicted octanol–water partition coefficient (Wildman–Crippen LogP) is 3.27. The number of ether oxygens (including phenoxy) is 1. The fraction of sp³-hybridized carbons (Fsp3) is 0.278. The van der Waals surface area contributed by atoms with E-state index in [0.717, 1.165) is 18.7 Å². The van der Waals surface area contributed by atoms with Crippen molar-refractivity contribution in [2.45, 2.75) is 6.42 Å². The molecule has 2 aromatic carbocycles. The van der Waals surface area contributed by atoms with Gasteiger partial charge in [-0.05, 0) is 24.6 Å². The normalized spacial score (nSPS) is 10.2. The van der Waals surface area contributed by atoms with E-state index in [2.05, 4.69) is 10.2 Å². The second-order valence-electron chi connectivity index (χ2n) is 5.62. The van der Waals surface area contributed by atoms with E-state index in [1.54, 1.807) is 0 Å². The molecule has 0 radical (unpaired) electrons. The molecule has 0 saturated heterocycles. The Morgan fingerprint density at radius 1 is 1.27 bits per heavy atom. The summed E-state index contributed by atoms with van der Waals surface area (Å²) in [7, 11) is 2.00. The van der Waals surface area contributed by atoms with Gasteiger partial charge in [-0.3, -0.25) is 14.9 Å². The van der Waals surface area contributed by atoms with Crippen LogP contribution in [0.5, 0.6) is 5.75 Å². The monoisotopic (exact) mass is 377 g/mol. The van der Waals surface area contributed by atoms with Crippen LogP contribution in [0.2, 0.25) is 5.02 Å². The van der Waals surface area contributed by atoms with E-state index in [4.69, 9.17) is 16.3 Å². The number of non-ortho nitro benzene ring substituents is 1. The molecule has 0 aliphatic heterocycles. The fourth-order valence-electron chi connectivity index (χ4n) is 2.27. The Hall–Kier alpha value is -2.80. The largest absolute Gasteiger partial charge is 0.482 e. The minimum absolute atomic E-state index is 0.0940. The number of amides is 1. The molecule has 1 N–H and O–H groups in total. The summed E-state index contributed by atoms with van der Waals surface area (Å²) >= 11 is 5.91. The SMILES string of the molecule is CN(CCCNC(=O)COc1ccc([N+](=O)[O-])cc1Cl)c1ccccc1. The minimum Gasteiger partial charge on any atom is -0.482 e. The van der Waals surface area contributed by atoms with E-state index < -0.39 is 4.92 Å². The van der Waals surface area contributed by atoms with Gasteiger partial charge in [0.25, 0.3) is 11.6 Å². The first-order valence-electron chi connectivity index (χ1n) is 8.07. The number of benzene rings is 2. The third kappa shape index (κ3) is 5.93.